The molecule has 2 amide bonds. The Morgan fingerprint density at radius 3 is 2.76 bits per heavy atom. The van der Waals surface area contributed by atoms with Gasteiger partial charge >= 0.3 is 0 Å². The molecule has 0 atom stereocenters. The zero-order chi connectivity index (χ0) is 20.4. The third-order valence-corrected chi connectivity index (χ3v) is 6.00. The lowest BCUT2D eigenvalue weighted by molar-refractivity contribution is -0.127. The molecule has 7 heteroatoms. The number of ether oxygens (including phenoxy) is 1. The minimum absolute atomic E-state index is 0.00815. The van der Waals surface area contributed by atoms with Crippen molar-refractivity contribution in [1.82, 2.24) is 20.0 Å². The number of rotatable bonds is 4. The first kappa shape index (κ1) is 19.5. The highest BCUT2D eigenvalue weighted by Crippen LogP contribution is 2.39. The van der Waals surface area contributed by atoms with E-state index in [1.807, 2.05) is 55.2 Å². The molecule has 0 radical (unpaired) electrons. The fourth-order valence-electron chi connectivity index (χ4n) is 4.40. The summed E-state index contributed by atoms with van der Waals surface area (Å²) in [5.74, 6) is 0.732. The summed E-state index contributed by atoms with van der Waals surface area (Å²) in [4.78, 5) is 27.0. The zero-order valence-electron chi connectivity index (χ0n) is 17.1. The van der Waals surface area contributed by atoms with Crippen molar-refractivity contribution in [2.75, 3.05) is 20.1 Å². The third kappa shape index (κ3) is 4.13. The summed E-state index contributed by atoms with van der Waals surface area (Å²) in [5.41, 5.74) is 1.17. The lowest BCUT2D eigenvalue weighted by Gasteiger charge is -2.40. The van der Waals surface area contributed by atoms with Crippen molar-refractivity contribution in [2.24, 2.45) is 5.92 Å². The van der Waals surface area contributed by atoms with Crippen LogP contribution in [0.5, 0.6) is 5.75 Å². The van der Waals surface area contributed by atoms with E-state index < -0.39 is 5.60 Å². The number of nitrogens with one attached hydrogen (secondary N) is 1. The monoisotopic (exact) mass is 396 g/mol. The van der Waals surface area contributed by atoms with Crippen LogP contribution in [-0.2, 0) is 11.3 Å². The van der Waals surface area contributed by atoms with E-state index in [-0.39, 0.29) is 17.7 Å². The van der Waals surface area contributed by atoms with Gasteiger partial charge in [0.05, 0.1) is 24.3 Å². The highest BCUT2D eigenvalue weighted by molar-refractivity contribution is 5.97. The van der Waals surface area contributed by atoms with Crippen LogP contribution in [0, 0.1) is 12.8 Å². The summed E-state index contributed by atoms with van der Waals surface area (Å²) in [6, 6.07) is 9.38. The molecular formula is C22H28N4O3. The second kappa shape index (κ2) is 7.89. The lowest BCUT2D eigenvalue weighted by Crippen LogP contribution is -2.49. The van der Waals surface area contributed by atoms with E-state index in [9.17, 15) is 9.59 Å². The normalized spacial score (nSPS) is 24.0. The van der Waals surface area contributed by atoms with Crippen molar-refractivity contribution < 1.29 is 14.3 Å². The molecule has 4 rings (SSSR count). The van der Waals surface area contributed by atoms with Gasteiger partial charge in [-0.05, 0) is 50.8 Å². The van der Waals surface area contributed by atoms with Crippen LogP contribution in [0.15, 0.2) is 36.5 Å². The second-order valence-corrected chi connectivity index (χ2v) is 8.23. The lowest BCUT2D eigenvalue weighted by atomic mass is 9.78. The van der Waals surface area contributed by atoms with Crippen LogP contribution in [0.4, 0.5) is 0 Å². The minimum Gasteiger partial charge on any atom is -0.485 e. The predicted octanol–water partition coefficient (Wildman–Crippen LogP) is 2.40. The van der Waals surface area contributed by atoms with Crippen molar-refractivity contribution in [3.8, 4) is 5.75 Å². The maximum absolute atomic E-state index is 12.6. The van der Waals surface area contributed by atoms with Crippen molar-refractivity contribution in [3.05, 3.63) is 47.8 Å². The number of aryl methyl sites for hydroxylation is 1. The van der Waals surface area contributed by atoms with Gasteiger partial charge in [-0.25, -0.2) is 0 Å². The van der Waals surface area contributed by atoms with Gasteiger partial charge in [0.15, 0.2) is 0 Å². The fraction of sp³-hybridized carbons (Fsp3) is 0.500. The highest BCUT2D eigenvalue weighted by Gasteiger charge is 2.43. The van der Waals surface area contributed by atoms with Gasteiger partial charge in [-0.3, -0.25) is 14.3 Å². The average Bonchev–Trinajstić information content (AvgIpc) is 3.09. The molecule has 1 N–H and O–H groups in total. The molecule has 1 spiro atoms. The molecule has 1 aromatic heterocycles. The SMILES string of the molecule is Cc1ccn(CCNC(=O)C2CCC3(CC2)CN(C)C(=O)c2ccccc2O3)n1. The first-order valence-electron chi connectivity index (χ1n) is 10.3. The summed E-state index contributed by atoms with van der Waals surface area (Å²) in [6.07, 6.45) is 4.96. The quantitative estimate of drug-likeness (QED) is 0.861. The number of hydrogen-bond acceptors (Lipinski definition) is 4. The number of likely N-dealkylation sites (N-methyl/N-ethyl adjacent to an activating group) is 1. The molecule has 29 heavy (non-hydrogen) atoms. The molecule has 0 unspecified atom stereocenters. The van der Waals surface area contributed by atoms with Gasteiger partial charge in [0.2, 0.25) is 5.91 Å². The molecule has 2 aromatic rings. The molecule has 0 bridgehead atoms. The number of amides is 2. The molecule has 1 aliphatic carbocycles. The number of para-hydroxylation sites is 1. The molecule has 1 saturated carbocycles. The molecule has 7 nitrogen and oxygen atoms in total. The van der Waals surface area contributed by atoms with Gasteiger partial charge in [-0.2, -0.15) is 5.10 Å². The van der Waals surface area contributed by atoms with Gasteiger partial charge in [0, 0.05) is 25.7 Å². The third-order valence-electron chi connectivity index (χ3n) is 6.00. The molecule has 1 aromatic carbocycles. The molecule has 1 fully saturated rings. The molecule has 0 saturated heterocycles. The van der Waals surface area contributed by atoms with E-state index in [2.05, 4.69) is 10.4 Å². The summed E-state index contributed by atoms with van der Waals surface area (Å²) in [5, 5.41) is 7.37. The number of aromatic nitrogens is 2. The molecule has 2 heterocycles. The molecule has 154 valence electrons. The van der Waals surface area contributed by atoms with Crippen LogP contribution in [0.25, 0.3) is 0 Å². The number of fused-ring (bicyclic) bond motifs is 1. The van der Waals surface area contributed by atoms with Crippen LogP contribution in [0.1, 0.15) is 41.7 Å². The van der Waals surface area contributed by atoms with Crippen LogP contribution < -0.4 is 10.1 Å². The Kier molecular flexibility index (Phi) is 5.30. The van der Waals surface area contributed by atoms with Crippen molar-refractivity contribution in [1.29, 1.82) is 0 Å². The minimum atomic E-state index is -0.416. The van der Waals surface area contributed by atoms with Gasteiger partial charge < -0.3 is 15.0 Å². The van der Waals surface area contributed by atoms with Crippen molar-refractivity contribution >= 4 is 11.8 Å². The van der Waals surface area contributed by atoms with Crippen LogP contribution in [0.2, 0.25) is 0 Å². The fourth-order valence-corrected chi connectivity index (χ4v) is 4.40. The number of nitrogens with zero attached hydrogens (tertiary/aromatic N) is 3. The van der Waals surface area contributed by atoms with E-state index in [1.165, 1.54) is 0 Å². The Morgan fingerprint density at radius 2 is 2.03 bits per heavy atom. The number of benzene rings is 1. The highest BCUT2D eigenvalue weighted by atomic mass is 16.5. The Morgan fingerprint density at radius 1 is 1.28 bits per heavy atom. The average molecular weight is 396 g/mol. The topological polar surface area (TPSA) is 76.5 Å². The number of hydrogen-bond donors (Lipinski definition) is 1. The largest absolute Gasteiger partial charge is 0.485 e. The Bertz CT molecular complexity index is 899. The maximum atomic E-state index is 12.6. The predicted molar refractivity (Wildman–Crippen MR) is 109 cm³/mol. The number of carbonyl (C=O) groups is 2. The first-order chi connectivity index (χ1) is 14.0. The summed E-state index contributed by atoms with van der Waals surface area (Å²) >= 11 is 0. The van der Waals surface area contributed by atoms with E-state index >= 15 is 0 Å². The number of carbonyl (C=O) groups excluding carboxylic acids is 2. The summed E-state index contributed by atoms with van der Waals surface area (Å²) in [7, 11) is 1.82. The molecule has 2 aliphatic rings. The van der Waals surface area contributed by atoms with E-state index in [0.717, 1.165) is 31.4 Å². The van der Waals surface area contributed by atoms with Crippen molar-refractivity contribution in [2.45, 2.75) is 44.8 Å². The summed E-state index contributed by atoms with van der Waals surface area (Å²) in [6.45, 7) is 3.74. The Hall–Kier alpha value is -2.83. The first-order valence-corrected chi connectivity index (χ1v) is 10.3. The summed E-state index contributed by atoms with van der Waals surface area (Å²) < 4.78 is 8.23. The Balaban J connectivity index is 1.34. The van der Waals surface area contributed by atoms with E-state index in [1.54, 1.807) is 4.90 Å². The second-order valence-electron chi connectivity index (χ2n) is 8.23. The standard InChI is InChI=1S/C22H28N4O3/c1-16-9-13-26(24-16)14-12-23-20(27)17-7-10-22(11-8-17)15-25(2)21(28)18-5-3-4-6-19(18)29-22/h3-6,9,13,17H,7-8,10-12,14-15H2,1-2H3,(H,23,27). The van der Waals surface area contributed by atoms with Gasteiger partial charge in [-0.15, -0.1) is 0 Å². The van der Waals surface area contributed by atoms with E-state index in [4.69, 9.17) is 4.74 Å². The van der Waals surface area contributed by atoms with Crippen molar-refractivity contribution in [3.63, 3.8) is 0 Å². The molecule has 1 aliphatic heterocycles. The van der Waals surface area contributed by atoms with Gasteiger partial charge in [0.25, 0.3) is 5.91 Å². The smallest absolute Gasteiger partial charge is 0.257 e. The Labute approximate surface area is 171 Å². The zero-order valence-corrected chi connectivity index (χ0v) is 17.1. The molecular weight excluding hydrogens is 368 g/mol. The van der Waals surface area contributed by atoms with Crippen LogP contribution >= 0.6 is 0 Å². The van der Waals surface area contributed by atoms with Crippen LogP contribution in [-0.4, -0.2) is 52.2 Å². The van der Waals surface area contributed by atoms with E-state index in [0.29, 0.717) is 30.9 Å². The maximum Gasteiger partial charge on any atom is 0.257 e. The van der Waals surface area contributed by atoms with Gasteiger partial charge in [-0.1, -0.05) is 12.1 Å². The van der Waals surface area contributed by atoms with Crippen LogP contribution in [0.3, 0.4) is 0 Å². The van der Waals surface area contributed by atoms with Gasteiger partial charge in [0.1, 0.15) is 11.4 Å².